The third-order valence-corrected chi connectivity index (χ3v) is 10.8. The minimum Gasteiger partial charge on any atom is -0.445 e. The van der Waals surface area contributed by atoms with Crippen LogP contribution in [0, 0.1) is 6.92 Å². The maximum atomic E-state index is 14.2. The van der Waals surface area contributed by atoms with Gasteiger partial charge in [-0.1, -0.05) is 63.4 Å². The van der Waals surface area contributed by atoms with Crippen molar-refractivity contribution >= 4 is 62.2 Å². The second-order valence-electron chi connectivity index (χ2n) is 11.5. The molecule has 44 heavy (non-hydrogen) atoms. The largest absolute Gasteiger partial charge is 0.445 e. The molecule has 4 aromatic rings. The van der Waals surface area contributed by atoms with Gasteiger partial charge >= 0.3 is 6.09 Å². The van der Waals surface area contributed by atoms with E-state index in [1.165, 1.54) is 18.8 Å². The lowest BCUT2D eigenvalue weighted by Gasteiger charge is -2.43. The van der Waals surface area contributed by atoms with E-state index in [4.69, 9.17) is 16.3 Å². The normalized spacial score (nSPS) is 22.9. The Kier molecular flexibility index (Phi) is 8.99. The molecular formula is C33H34BrClN4O4S. The molecule has 11 heteroatoms. The van der Waals surface area contributed by atoms with Crippen molar-refractivity contribution in [1.82, 2.24) is 20.1 Å². The van der Waals surface area contributed by atoms with Gasteiger partial charge in [0.1, 0.15) is 12.3 Å². The van der Waals surface area contributed by atoms with E-state index in [2.05, 4.69) is 26.2 Å². The molecule has 2 aliphatic rings. The number of carbonyl (C=O) groups is 2. The summed E-state index contributed by atoms with van der Waals surface area (Å²) in [5, 5.41) is 16.5. The van der Waals surface area contributed by atoms with Crippen LogP contribution in [0.15, 0.2) is 82.3 Å². The molecule has 0 radical (unpaired) electrons. The summed E-state index contributed by atoms with van der Waals surface area (Å²) in [6.45, 7) is 3.30. The van der Waals surface area contributed by atoms with Crippen LogP contribution in [0.5, 0.6) is 0 Å². The maximum Gasteiger partial charge on any atom is 0.407 e. The third-order valence-electron chi connectivity index (χ3n) is 8.52. The van der Waals surface area contributed by atoms with E-state index in [9.17, 15) is 14.7 Å². The van der Waals surface area contributed by atoms with Gasteiger partial charge in [-0.2, -0.15) is 0 Å². The minimum atomic E-state index is -1.03. The van der Waals surface area contributed by atoms with Gasteiger partial charge in [0.15, 0.2) is 0 Å². The Hall–Kier alpha value is -3.02. The number of H-pyrrole nitrogens is 1. The van der Waals surface area contributed by atoms with Gasteiger partial charge in [-0.05, 0) is 55.3 Å². The molecule has 6 rings (SSSR count). The summed E-state index contributed by atoms with van der Waals surface area (Å²) in [6.07, 6.45) is 0.747. The van der Waals surface area contributed by atoms with Gasteiger partial charge in [-0.3, -0.25) is 9.69 Å². The Morgan fingerprint density at radius 3 is 2.68 bits per heavy atom. The lowest BCUT2D eigenvalue weighted by atomic mass is 9.89. The lowest BCUT2D eigenvalue weighted by molar-refractivity contribution is -0.129. The van der Waals surface area contributed by atoms with E-state index in [0.29, 0.717) is 31.1 Å². The summed E-state index contributed by atoms with van der Waals surface area (Å²) < 4.78 is 5.52. The summed E-state index contributed by atoms with van der Waals surface area (Å²) in [5.41, 5.74) is 3.89. The molecule has 2 saturated heterocycles. The van der Waals surface area contributed by atoms with Crippen molar-refractivity contribution in [3.63, 3.8) is 0 Å². The van der Waals surface area contributed by atoms with Crippen molar-refractivity contribution in [2.75, 3.05) is 20.1 Å². The zero-order valence-corrected chi connectivity index (χ0v) is 27.6. The van der Waals surface area contributed by atoms with Gasteiger partial charge in [0.05, 0.1) is 10.8 Å². The monoisotopic (exact) mass is 696 g/mol. The summed E-state index contributed by atoms with van der Waals surface area (Å²) >= 11 is 11.4. The second kappa shape index (κ2) is 12.8. The SMILES string of the molecule is CNC(=O)OC1CCN(C(O)C2(Sc3ccc(C)cc3)CC(=O)N(Cc3ccc(Br)cc3)C2c2c[nH]c3cc(Cl)ccc23)C1. The number of benzene rings is 3. The number of likely N-dealkylation sites (tertiary alicyclic amines) is 2. The molecule has 0 bridgehead atoms. The molecule has 0 saturated carbocycles. The first-order valence-electron chi connectivity index (χ1n) is 14.5. The van der Waals surface area contributed by atoms with Gasteiger partial charge in [0.25, 0.3) is 0 Å². The number of rotatable bonds is 8. The maximum absolute atomic E-state index is 14.2. The van der Waals surface area contributed by atoms with E-state index in [-0.39, 0.29) is 18.4 Å². The van der Waals surface area contributed by atoms with Crippen LogP contribution in [0.2, 0.25) is 5.02 Å². The number of thioether (sulfide) groups is 1. The molecule has 4 atom stereocenters. The van der Waals surface area contributed by atoms with E-state index in [0.717, 1.165) is 37.0 Å². The first-order chi connectivity index (χ1) is 21.2. The highest BCUT2D eigenvalue weighted by molar-refractivity contribution is 9.10. The van der Waals surface area contributed by atoms with Crippen molar-refractivity contribution < 1.29 is 19.4 Å². The van der Waals surface area contributed by atoms with E-state index < -0.39 is 23.1 Å². The number of amides is 2. The molecule has 8 nitrogen and oxygen atoms in total. The number of hydrogen-bond acceptors (Lipinski definition) is 6. The Bertz CT molecular complexity index is 1670. The van der Waals surface area contributed by atoms with Gasteiger partial charge in [-0.25, -0.2) is 4.79 Å². The number of alkyl carbamates (subject to hydrolysis) is 1. The molecule has 2 fully saturated rings. The number of aryl methyl sites for hydroxylation is 1. The molecule has 3 heterocycles. The average molecular weight is 698 g/mol. The Morgan fingerprint density at radius 1 is 1.20 bits per heavy atom. The quantitative estimate of drug-likeness (QED) is 0.191. The van der Waals surface area contributed by atoms with Crippen LogP contribution < -0.4 is 5.32 Å². The average Bonchev–Trinajstić information content (AvgIpc) is 3.71. The Labute approximate surface area is 274 Å². The number of aromatic amines is 1. The Morgan fingerprint density at radius 2 is 1.95 bits per heavy atom. The third kappa shape index (κ3) is 6.10. The predicted molar refractivity (Wildman–Crippen MR) is 177 cm³/mol. The van der Waals surface area contributed by atoms with Crippen molar-refractivity contribution in [1.29, 1.82) is 0 Å². The van der Waals surface area contributed by atoms with Crippen molar-refractivity contribution in [2.45, 2.75) is 54.3 Å². The summed E-state index contributed by atoms with van der Waals surface area (Å²) in [4.78, 5) is 34.4. The number of aromatic nitrogens is 1. The molecule has 0 aliphatic carbocycles. The molecule has 0 spiro atoms. The topological polar surface area (TPSA) is 97.9 Å². The van der Waals surface area contributed by atoms with Gasteiger partial charge < -0.3 is 25.0 Å². The van der Waals surface area contributed by atoms with Crippen molar-refractivity contribution in [2.24, 2.45) is 0 Å². The zero-order valence-electron chi connectivity index (χ0n) is 24.4. The van der Waals surface area contributed by atoms with E-state index in [1.54, 1.807) is 0 Å². The molecule has 3 aromatic carbocycles. The fourth-order valence-electron chi connectivity index (χ4n) is 6.38. The molecular weight excluding hydrogens is 664 g/mol. The highest BCUT2D eigenvalue weighted by atomic mass is 79.9. The van der Waals surface area contributed by atoms with Crippen LogP contribution in [0.25, 0.3) is 10.9 Å². The highest BCUT2D eigenvalue weighted by Crippen LogP contribution is 2.56. The zero-order chi connectivity index (χ0) is 31.0. The lowest BCUT2D eigenvalue weighted by Crippen LogP contribution is -2.53. The first-order valence-corrected chi connectivity index (χ1v) is 16.5. The number of halogens is 2. The van der Waals surface area contributed by atoms with Crippen LogP contribution >= 0.6 is 39.3 Å². The van der Waals surface area contributed by atoms with Gasteiger partial charge in [-0.15, -0.1) is 11.8 Å². The first kappa shape index (κ1) is 31.0. The predicted octanol–water partition coefficient (Wildman–Crippen LogP) is 6.65. The smallest absolute Gasteiger partial charge is 0.407 e. The fourth-order valence-corrected chi connectivity index (χ4v) is 8.34. The van der Waals surface area contributed by atoms with Crippen LogP contribution in [0.4, 0.5) is 4.79 Å². The number of ether oxygens (including phenoxy) is 1. The molecule has 1 aromatic heterocycles. The summed E-state index contributed by atoms with van der Waals surface area (Å²) in [5.74, 6) is -0.0442. The summed E-state index contributed by atoms with van der Waals surface area (Å²) in [6, 6.07) is 21.3. The number of hydrogen-bond donors (Lipinski definition) is 3. The Balaban J connectivity index is 1.48. The van der Waals surface area contributed by atoms with Crippen molar-refractivity contribution in [3.05, 3.63) is 99.1 Å². The van der Waals surface area contributed by atoms with Crippen LogP contribution in [-0.2, 0) is 16.1 Å². The molecule has 230 valence electrons. The standard InChI is InChI=1S/C33H34BrClN4O4S/c1-20-3-10-25(11-4-20)44-33(31(41)38-14-13-24(19-38)43-32(42)36-2)16-29(40)39(18-21-5-7-22(34)8-6-21)30(33)27-17-37-28-15-23(35)9-12-26(27)28/h3-12,15,17,24,30-31,37,41H,13-14,16,18-19H2,1-2H3,(H,36,42). The van der Waals surface area contributed by atoms with Crippen molar-refractivity contribution in [3.8, 4) is 0 Å². The highest BCUT2D eigenvalue weighted by Gasteiger charge is 2.59. The molecule has 3 N–H and O–H groups in total. The van der Waals surface area contributed by atoms with Crippen LogP contribution in [0.1, 0.15) is 35.6 Å². The van der Waals surface area contributed by atoms with Gasteiger partial charge in [0, 0.05) is 70.2 Å². The van der Waals surface area contributed by atoms with Crippen LogP contribution in [-0.4, -0.2) is 69.1 Å². The summed E-state index contributed by atoms with van der Waals surface area (Å²) in [7, 11) is 1.53. The fraction of sp³-hybridized carbons (Fsp3) is 0.333. The molecule has 4 unspecified atom stereocenters. The molecule has 2 aliphatic heterocycles. The number of fused-ring (bicyclic) bond motifs is 1. The number of aliphatic hydroxyl groups excluding tert-OH is 1. The number of aliphatic hydroxyl groups is 1. The number of nitrogens with zero attached hydrogens (tertiary/aromatic N) is 2. The second-order valence-corrected chi connectivity index (χ2v) is 14.3. The van der Waals surface area contributed by atoms with Gasteiger partial charge in [0.2, 0.25) is 5.91 Å². The minimum absolute atomic E-state index is 0.0442. The van der Waals surface area contributed by atoms with Crippen LogP contribution in [0.3, 0.4) is 0 Å². The number of nitrogens with one attached hydrogen (secondary N) is 2. The molecule has 2 amide bonds. The van der Waals surface area contributed by atoms with E-state index in [1.807, 2.05) is 89.7 Å². The van der Waals surface area contributed by atoms with E-state index >= 15 is 0 Å². The number of carbonyl (C=O) groups excluding carboxylic acids is 2.